The molecule has 0 aliphatic heterocycles. The van der Waals surface area contributed by atoms with Gasteiger partial charge in [0, 0.05) is 29.0 Å². The highest BCUT2D eigenvalue weighted by Crippen LogP contribution is 2.17. The number of nitrogens with zero attached hydrogens (tertiary/aromatic N) is 1. The van der Waals surface area contributed by atoms with Crippen molar-refractivity contribution in [2.45, 2.75) is 32.1 Å². The molecule has 2 aromatic heterocycles. The highest BCUT2D eigenvalue weighted by molar-refractivity contribution is 7.13. The van der Waals surface area contributed by atoms with Crippen molar-refractivity contribution >= 4 is 22.4 Å². The van der Waals surface area contributed by atoms with Crippen molar-refractivity contribution in [1.82, 2.24) is 9.97 Å². The molecule has 1 aliphatic rings. The zero-order chi connectivity index (χ0) is 13.9. The highest BCUT2D eigenvalue weighted by atomic mass is 32.1. The normalized spacial score (nSPS) is 14.4. The zero-order valence-electron chi connectivity index (χ0n) is 10.9. The standard InChI is InChI=1S/C14H15N3O2S/c18-12-9-4-2-1-3-5-11(9)16-8-10(12)13(19)17-14-15-6-7-20-14/h6-8H,1-5H2,(H,16,18)(H,15,17,19). The number of aromatic amines is 1. The molecule has 104 valence electrons. The Morgan fingerprint density at radius 2 is 2.15 bits per heavy atom. The van der Waals surface area contributed by atoms with Gasteiger partial charge in [0.1, 0.15) is 5.56 Å². The Balaban J connectivity index is 1.92. The molecule has 0 aromatic carbocycles. The van der Waals surface area contributed by atoms with E-state index in [-0.39, 0.29) is 11.0 Å². The van der Waals surface area contributed by atoms with Crippen LogP contribution in [0.4, 0.5) is 5.13 Å². The molecular formula is C14H15N3O2S. The maximum atomic E-state index is 12.4. The summed E-state index contributed by atoms with van der Waals surface area (Å²) in [6, 6.07) is 0. The third-order valence-corrected chi connectivity index (χ3v) is 4.21. The number of carbonyl (C=O) groups is 1. The number of aromatic nitrogens is 2. The van der Waals surface area contributed by atoms with Gasteiger partial charge in [-0.1, -0.05) is 6.42 Å². The van der Waals surface area contributed by atoms with E-state index in [1.165, 1.54) is 17.5 Å². The molecule has 0 saturated carbocycles. The molecule has 0 fully saturated rings. The second-order valence-electron chi connectivity index (χ2n) is 4.84. The topological polar surface area (TPSA) is 74.8 Å². The molecule has 0 radical (unpaired) electrons. The van der Waals surface area contributed by atoms with Gasteiger partial charge in [-0.15, -0.1) is 11.3 Å². The number of hydrogen-bond donors (Lipinski definition) is 2. The SMILES string of the molecule is O=C(Nc1nccs1)c1c[nH]c2c(c1=O)CCCCC2. The minimum absolute atomic E-state index is 0.144. The number of thiazole rings is 1. The lowest BCUT2D eigenvalue weighted by atomic mass is 10.1. The Labute approximate surface area is 120 Å². The van der Waals surface area contributed by atoms with E-state index in [2.05, 4.69) is 15.3 Å². The first-order valence-corrected chi connectivity index (χ1v) is 7.58. The summed E-state index contributed by atoms with van der Waals surface area (Å²) in [7, 11) is 0. The summed E-state index contributed by atoms with van der Waals surface area (Å²) in [5.74, 6) is -0.395. The Morgan fingerprint density at radius 1 is 1.30 bits per heavy atom. The van der Waals surface area contributed by atoms with Crippen LogP contribution in [0.5, 0.6) is 0 Å². The maximum Gasteiger partial charge on any atom is 0.262 e. The van der Waals surface area contributed by atoms with Crippen LogP contribution in [0.1, 0.15) is 40.9 Å². The predicted molar refractivity (Wildman–Crippen MR) is 78.4 cm³/mol. The number of rotatable bonds is 2. The lowest BCUT2D eigenvalue weighted by Gasteiger charge is -2.07. The number of nitrogens with one attached hydrogen (secondary N) is 2. The minimum Gasteiger partial charge on any atom is -0.364 e. The number of aryl methyl sites for hydroxylation is 1. The van der Waals surface area contributed by atoms with E-state index in [9.17, 15) is 9.59 Å². The molecule has 6 heteroatoms. The summed E-state index contributed by atoms with van der Waals surface area (Å²) in [4.78, 5) is 31.7. The Bertz CT molecular complexity index is 676. The van der Waals surface area contributed by atoms with Crippen LogP contribution in [0.2, 0.25) is 0 Å². The van der Waals surface area contributed by atoms with Crippen LogP contribution < -0.4 is 10.7 Å². The van der Waals surface area contributed by atoms with Crippen LogP contribution in [0.25, 0.3) is 0 Å². The van der Waals surface area contributed by atoms with Crippen molar-refractivity contribution in [3.05, 3.63) is 44.8 Å². The summed E-state index contributed by atoms with van der Waals surface area (Å²) in [6.07, 6.45) is 8.00. The van der Waals surface area contributed by atoms with Gasteiger partial charge in [-0.25, -0.2) is 4.98 Å². The molecular weight excluding hydrogens is 274 g/mol. The van der Waals surface area contributed by atoms with E-state index in [1.807, 2.05) is 0 Å². The van der Waals surface area contributed by atoms with Crippen molar-refractivity contribution < 1.29 is 4.79 Å². The van der Waals surface area contributed by atoms with Crippen LogP contribution >= 0.6 is 11.3 Å². The Kier molecular flexibility index (Phi) is 3.64. The van der Waals surface area contributed by atoms with E-state index in [0.29, 0.717) is 5.13 Å². The molecule has 0 bridgehead atoms. The second-order valence-corrected chi connectivity index (χ2v) is 5.74. The van der Waals surface area contributed by atoms with E-state index >= 15 is 0 Å². The fourth-order valence-electron chi connectivity index (χ4n) is 2.50. The number of anilines is 1. The van der Waals surface area contributed by atoms with Crippen molar-refractivity contribution in [1.29, 1.82) is 0 Å². The second kappa shape index (κ2) is 5.58. The third-order valence-electron chi connectivity index (χ3n) is 3.52. The van der Waals surface area contributed by atoms with Gasteiger partial charge in [0.2, 0.25) is 0 Å². The highest BCUT2D eigenvalue weighted by Gasteiger charge is 2.18. The Hall–Kier alpha value is -1.95. The number of pyridine rings is 1. The smallest absolute Gasteiger partial charge is 0.262 e. The molecule has 2 N–H and O–H groups in total. The largest absolute Gasteiger partial charge is 0.364 e. The molecule has 0 saturated heterocycles. The summed E-state index contributed by atoms with van der Waals surface area (Å²) < 4.78 is 0. The summed E-state index contributed by atoms with van der Waals surface area (Å²) in [5.41, 5.74) is 1.78. The summed E-state index contributed by atoms with van der Waals surface area (Å²) in [5, 5.41) is 4.93. The molecule has 0 spiro atoms. The molecule has 1 aliphatic carbocycles. The van der Waals surface area contributed by atoms with Gasteiger partial charge < -0.3 is 4.98 Å². The number of fused-ring (bicyclic) bond motifs is 1. The van der Waals surface area contributed by atoms with E-state index < -0.39 is 5.91 Å². The number of H-pyrrole nitrogens is 1. The van der Waals surface area contributed by atoms with E-state index in [1.54, 1.807) is 11.6 Å². The first-order valence-electron chi connectivity index (χ1n) is 6.70. The molecule has 0 unspecified atom stereocenters. The average molecular weight is 289 g/mol. The van der Waals surface area contributed by atoms with Gasteiger partial charge in [0.05, 0.1) is 0 Å². The van der Waals surface area contributed by atoms with E-state index in [0.717, 1.165) is 43.4 Å². The van der Waals surface area contributed by atoms with Crippen LogP contribution in [-0.2, 0) is 12.8 Å². The number of amides is 1. The zero-order valence-corrected chi connectivity index (χ0v) is 11.8. The summed E-state index contributed by atoms with van der Waals surface area (Å²) in [6.45, 7) is 0. The van der Waals surface area contributed by atoms with Gasteiger partial charge in [0.15, 0.2) is 10.6 Å². The first-order chi connectivity index (χ1) is 9.75. The van der Waals surface area contributed by atoms with Crippen molar-refractivity contribution in [3.8, 4) is 0 Å². The minimum atomic E-state index is -0.395. The van der Waals surface area contributed by atoms with Gasteiger partial charge in [0.25, 0.3) is 5.91 Å². The van der Waals surface area contributed by atoms with Crippen LogP contribution in [0.3, 0.4) is 0 Å². The number of hydrogen-bond acceptors (Lipinski definition) is 4. The fourth-order valence-corrected chi connectivity index (χ4v) is 3.02. The van der Waals surface area contributed by atoms with Gasteiger partial charge in [-0.3, -0.25) is 14.9 Å². The van der Waals surface area contributed by atoms with Gasteiger partial charge >= 0.3 is 0 Å². The van der Waals surface area contributed by atoms with Crippen molar-refractivity contribution in [2.24, 2.45) is 0 Å². The first kappa shape index (κ1) is 13.1. The van der Waals surface area contributed by atoms with Crippen LogP contribution in [0, 0.1) is 0 Å². The van der Waals surface area contributed by atoms with Crippen LogP contribution in [0.15, 0.2) is 22.6 Å². The molecule has 1 amide bonds. The monoisotopic (exact) mass is 289 g/mol. The average Bonchev–Trinajstić information content (AvgIpc) is 2.82. The van der Waals surface area contributed by atoms with E-state index in [4.69, 9.17) is 0 Å². The lowest BCUT2D eigenvalue weighted by molar-refractivity contribution is 0.102. The van der Waals surface area contributed by atoms with Crippen molar-refractivity contribution in [2.75, 3.05) is 5.32 Å². The lowest BCUT2D eigenvalue weighted by Crippen LogP contribution is -2.25. The molecule has 3 rings (SSSR count). The molecule has 2 aromatic rings. The molecule has 2 heterocycles. The van der Waals surface area contributed by atoms with Gasteiger partial charge in [-0.2, -0.15) is 0 Å². The van der Waals surface area contributed by atoms with Crippen LogP contribution in [-0.4, -0.2) is 15.9 Å². The Morgan fingerprint density at radius 3 is 2.95 bits per heavy atom. The molecule has 0 atom stereocenters. The maximum absolute atomic E-state index is 12.4. The summed E-state index contributed by atoms with van der Waals surface area (Å²) >= 11 is 1.33. The fraction of sp³-hybridized carbons (Fsp3) is 0.357. The predicted octanol–water partition coefficient (Wildman–Crippen LogP) is 2.35. The third kappa shape index (κ3) is 2.51. The quantitative estimate of drug-likeness (QED) is 0.833. The number of carbonyl (C=O) groups excluding carboxylic acids is 1. The molecule has 5 nitrogen and oxygen atoms in total. The molecule has 20 heavy (non-hydrogen) atoms. The van der Waals surface area contributed by atoms with Crippen molar-refractivity contribution in [3.63, 3.8) is 0 Å². The van der Waals surface area contributed by atoms with Gasteiger partial charge in [-0.05, 0) is 25.7 Å².